The van der Waals surface area contributed by atoms with Gasteiger partial charge in [0.15, 0.2) is 0 Å². The van der Waals surface area contributed by atoms with Crippen molar-refractivity contribution in [1.82, 2.24) is 9.80 Å². The summed E-state index contributed by atoms with van der Waals surface area (Å²) >= 11 is 0. The van der Waals surface area contributed by atoms with Crippen LogP contribution in [0.4, 0.5) is 0 Å². The van der Waals surface area contributed by atoms with Crippen molar-refractivity contribution in [3.05, 3.63) is 29.8 Å². The summed E-state index contributed by atoms with van der Waals surface area (Å²) < 4.78 is 5.27. The highest BCUT2D eigenvalue weighted by Crippen LogP contribution is 2.38. The number of benzene rings is 1. The van der Waals surface area contributed by atoms with Crippen molar-refractivity contribution in [3.8, 4) is 5.75 Å². The highest BCUT2D eigenvalue weighted by atomic mass is 16.5. The van der Waals surface area contributed by atoms with Gasteiger partial charge in [-0.2, -0.15) is 0 Å². The van der Waals surface area contributed by atoms with Crippen molar-refractivity contribution < 1.29 is 24.2 Å². The molecule has 29 heavy (non-hydrogen) atoms. The van der Waals surface area contributed by atoms with Crippen molar-refractivity contribution in [1.29, 1.82) is 0 Å². The average Bonchev–Trinajstić information content (AvgIpc) is 3.25. The fourth-order valence-corrected chi connectivity index (χ4v) is 5.06. The second kappa shape index (κ2) is 8.14. The lowest BCUT2D eigenvalue weighted by atomic mass is 9.81. The van der Waals surface area contributed by atoms with Gasteiger partial charge in [-0.3, -0.25) is 19.3 Å². The molecule has 1 aromatic carbocycles. The summed E-state index contributed by atoms with van der Waals surface area (Å²) in [6.45, 7) is 0.384. The molecule has 4 atom stereocenters. The number of amides is 3. The second-order valence-electron chi connectivity index (χ2n) is 8.30. The minimum absolute atomic E-state index is 0.0874. The average molecular weight is 400 g/mol. The van der Waals surface area contributed by atoms with Crippen LogP contribution in [0.1, 0.15) is 50.1 Å². The molecule has 156 valence electrons. The van der Waals surface area contributed by atoms with Crippen molar-refractivity contribution in [2.75, 3.05) is 20.2 Å². The Morgan fingerprint density at radius 2 is 1.86 bits per heavy atom. The third-order valence-corrected chi connectivity index (χ3v) is 6.56. The number of β-amino-alcohol motifs (C(OH)–C–C–N with tert-alkyl or cyclic N) is 1. The summed E-state index contributed by atoms with van der Waals surface area (Å²) in [5.41, 5.74) is 0.911. The van der Waals surface area contributed by atoms with Crippen LogP contribution < -0.4 is 4.74 Å². The summed E-state index contributed by atoms with van der Waals surface area (Å²) in [5.74, 6) is -0.0532. The topological polar surface area (TPSA) is 87.2 Å². The third kappa shape index (κ3) is 3.75. The molecular weight excluding hydrogens is 372 g/mol. The number of rotatable bonds is 5. The molecule has 1 aromatic rings. The van der Waals surface area contributed by atoms with Crippen molar-refractivity contribution >= 4 is 17.7 Å². The Bertz CT molecular complexity index is 786. The minimum Gasteiger partial charge on any atom is -0.497 e. The predicted molar refractivity (Wildman–Crippen MR) is 105 cm³/mol. The predicted octanol–water partition coefficient (Wildman–Crippen LogP) is 1.89. The number of imide groups is 1. The fourth-order valence-electron chi connectivity index (χ4n) is 5.06. The number of ether oxygens (including phenoxy) is 1. The van der Waals surface area contributed by atoms with Gasteiger partial charge in [0, 0.05) is 19.5 Å². The number of aliphatic hydroxyl groups is 1. The Hall–Kier alpha value is -2.41. The normalized spacial score (nSPS) is 29.3. The molecule has 1 aliphatic carbocycles. The zero-order chi connectivity index (χ0) is 20.5. The van der Waals surface area contributed by atoms with Crippen molar-refractivity contribution in [2.24, 2.45) is 11.8 Å². The summed E-state index contributed by atoms with van der Waals surface area (Å²) in [7, 11) is 1.59. The van der Waals surface area contributed by atoms with Gasteiger partial charge in [0.2, 0.25) is 17.7 Å². The van der Waals surface area contributed by atoms with Gasteiger partial charge in [0.1, 0.15) is 5.75 Å². The van der Waals surface area contributed by atoms with E-state index < -0.39 is 6.10 Å². The Labute approximate surface area is 170 Å². The molecule has 1 N–H and O–H groups in total. The largest absolute Gasteiger partial charge is 0.497 e. The van der Waals surface area contributed by atoms with Crippen LogP contribution in [-0.2, 0) is 14.4 Å². The summed E-state index contributed by atoms with van der Waals surface area (Å²) in [5, 5.41) is 10.2. The Balaban J connectivity index is 1.43. The lowest BCUT2D eigenvalue weighted by Gasteiger charge is -2.26. The maximum absolute atomic E-state index is 12.9. The van der Waals surface area contributed by atoms with E-state index in [9.17, 15) is 19.5 Å². The smallest absolute Gasteiger partial charge is 0.233 e. The van der Waals surface area contributed by atoms with Gasteiger partial charge in [0.25, 0.3) is 0 Å². The third-order valence-electron chi connectivity index (χ3n) is 6.56. The van der Waals surface area contributed by atoms with Crippen LogP contribution in [-0.4, -0.2) is 58.9 Å². The Kier molecular flexibility index (Phi) is 5.58. The van der Waals surface area contributed by atoms with E-state index >= 15 is 0 Å². The standard InChI is InChI=1S/C22H28N2O5/c1-29-16-6-4-5-14(11-16)19-12-15(25)13-24(19)20(26)9-10-23-21(27)17-7-2-3-8-18(17)22(23)28/h4-6,11,15,17-19,25H,2-3,7-10,12-13H2,1H3/t15-,17-,18+,19+/m1/s1. The van der Waals surface area contributed by atoms with Crippen LogP contribution in [0, 0.1) is 11.8 Å². The van der Waals surface area contributed by atoms with E-state index in [1.165, 1.54) is 4.90 Å². The van der Waals surface area contributed by atoms with E-state index in [0.717, 1.165) is 31.2 Å². The summed E-state index contributed by atoms with van der Waals surface area (Å²) in [6, 6.07) is 7.26. The zero-order valence-electron chi connectivity index (χ0n) is 16.8. The number of likely N-dealkylation sites (tertiary alicyclic amines) is 2. The lowest BCUT2D eigenvalue weighted by molar-refractivity contribution is -0.141. The maximum Gasteiger partial charge on any atom is 0.233 e. The molecule has 3 fully saturated rings. The molecule has 0 radical (unpaired) electrons. The van der Waals surface area contributed by atoms with E-state index in [-0.39, 0.29) is 55.1 Å². The van der Waals surface area contributed by atoms with Gasteiger partial charge in [-0.25, -0.2) is 0 Å². The number of hydrogen-bond acceptors (Lipinski definition) is 5. The number of aliphatic hydroxyl groups excluding tert-OH is 1. The number of carbonyl (C=O) groups is 3. The first-order chi connectivity index (χ1) is 14.0. The van der Waals surface area contributed by atoms with Crippen LogP contribution in [0.15, 0.2) is 24.3 Å². The quantitative estimate of drug-likeness (QED) is 0.763. The van der Waals surface area contributed by atoms with E-state index in [2.05, 4.69) is 0 Å². The minimum atomic E-state index is -0.590. The van der Waals surface area contributed by atoms with E-state index in [4.69, 9.17) is 4.74 Å². The molecule has 3 aliphatic rings. The highest BCUT2D eigenvalue weighted by molar-refractivity contribution is 6.05. The number of fused-ring (bicyclic) bond motifs is 1. The number of nitrogens with zero attached hydrogens (tertiary/aromatic N) is 2. The summed E-state index contributed by atoms with van der Waals surface area (Å²) in [4.78, 5) is 41.1. The van der Waals surface area contributed by atoms with Crippen LogP contribution in [0.2, 0.25) is 0 Å². The van der Waals surface area contributed by atoms with Crippen LogP contribution in [0.3, 0.4) is 0 Å². The molecule has 2 aliphatic heterocycles. The van der Waals surface area contributed by atoms with Gasteiger partial charge < -0.3 is 14.7 Å². The molecule has 3 amide bonds. The fraction of sp³-hybridized carbons (Fsp3) is 0.591. The summed E-state index contributed by atoms with van der Waals surface area (Å²) in [6.07, 6.45) is 3.48. The molecule has 2 saturated heterocycles. The number of carbonyl (C=O) groups excluding carboxylic acids is 3. The number of methoxy groups -OCH3 is 1. The molecule has 4 rings (SSSR count). The molecule has 0 bridgehead atoms. The van der Waals surface area contributed by atoms with E-state index in [1.807, 2.05) is 24.3 Å². The first-order valence-corrected chi connectivity index (χ1v) is 10.5. The highest BCUT2D eigenvalue weighted by Gasteiger charge is 2.48. The lowest BCUT2D eigenvalue weighted by Crippen LogP contribution is -2.37. The van der Waals surface area contributed by atoms with Gasteiger partial charge >= 0.3 is 0 Å². The van der Waals surface area contributed by atoms with Gasteiger partial charge in [-0.05, 0) is 37.0 Å². The monoisotopic (exact) mass is 400 g/mol. The first-order valence-electron chi connectivity index (χ1n) is 10.5. The van der Waals surface area contributed by atoms with Gasteiger partial charge in [0.05, 0.1) is 31.1 Å². The van der Waals surface area contributed by atoms with Crippen molar-refractivity contribution in [2.45, 2.75) is 50.7 Å². The SMILES string of the molecule is COc1cccc([C@@H]2C[C@@H](O)CN2C(=O)CCN2C(=O)[C@H]3CCCC[C@H]3C2=O)c1. The molecule has 2 heterocycles. The molecule has 1 saturated carbocycles. The van der Waals surface area contributed by atoms with Crippen LogP contribution in [0.25, 0.3) is 0 Å². The first kappa shape index (κ1) is 19.9. The maximum atomic E-state index is 12.9. The zero-order valence-corrected chi connectivity index (χ0v) is 16.8. The molecule has 7 nitrogen and oxygen atoms in total. The number of hydrogen-bond donors (Lipinski definition) is 1. The molecule has 0 aromatic heterocycles. The van der Waals surface area contributed by atoms with Crippen molar-refractivity contribution in [3.63, 3.8) is 0 Å². The second-order valence-corrected chi connectivity index (χ2v) is 8.30. The van der Waals surface area contributed by atoms with Crippen LogP contribution in [0.5, 0.6) is 5.75 Å². The van der Waals surface area contributed by atoms with Gasteiger partial charge in [-0.1, -0.05) is 25.0 Å². The molecule has 7 heteroatoms. The van der Waals surface area contributed by atoms with Crippen LogP contribution >= 0.6 is 0 Å². The molecule has 0 unspecified atom stereocenters. The van der Waals surface area contributed by atoms with E-state index in [0.29, 0.717) is 12.2 Å². The molecule has 0 spiro atoms. The van der Waals surface area contributed by atoms with Gasteiger partial charge in [-0.15, -0.1) is 0 Å². The Morgan fingerprint density at radius 3 is 2.52 bits per heavy atom. The molecular formula is C22H28N2O5. The Morgan fingerprint density at radius 1 is 1.17 bits per heavy atom. The van der Waals surface area contributed by atoms with E-state index in [1.54, 1.807) is 12.0 Å².